The summed E-state index contributed by atoms with van der Waals surface area (Å²) in [6.07, 6.45) is 1.01. The number of nitrogen functional groups attached to an aromatic ring is 1. The zero-order valence-corrected chi connectivity index (χ0v) is 11.6. The van der Waals surface area contributed by atoms with Crippen LogP contribution < -0.4 is 10.5 Å². The second-order valence-corrected chi connectivity index (χ2v) is 4.74. The number of methoxy groups -OCH3 is 1. The number of benzene rings is 2. The Hall–Kier alpha value is -2.49. The molecule has 0 atom stereocenters. The van der Waals surface area contributed by atoms with Gasteiger partial charge in [-0.15, -0.1) is 0 Å². The van der Waals surface area contributed by atoms with Crippen molar-refractivity contribution in [1.82, 2.24) is 9.97 Å². The van der Waals surface area contributed by atoms with Gasteiger partial charge in [0.15, 0.2) is 0 Å². The molecule has 0 bridgehead atoms. The molecule has 3 aromatic rings. The third-order valence-corrected chi connectivity index (χ3v) is 3.47. The van der Waals surface area contributed by atoms with Crippen molar-refractivity contribution in [3.8, 4) is 17.1 Å². The monoisotopic (exact) mass is 267 g/mol. The first kappa shape index (κ1) is 12.5. The van der Waals surface area contributed by atoms with Crippen LogP contribution in [0.5, 0.6) is 5.75 Å². The SMILES string of the molecule is CCc1ccc2nc(-c3ccc(OC)cc3N)[nH]c2c1. The number of ether oxygens (including phenoxy) is 1. The minimum absolute atomic E-state index is 0.652. The number of hydrogen-bond donors (Lipinski definition) is 2. The van der Waals surface area contributed by atoms with E-state index in [0.29, 0.717) is 5.69 Å². The zero-order valence-electron chi connectivity index (χ0n) is 11.6. The molecule has 1 heterocycles. The molecule has 3 N–H and O–H groups in total. The first-order chi connectivity index (χ1) is 9.71. The average molecular weight is 267 g/mol. The van der Waals surface area contributed by atoms with Crippen LogP contribution in [-0.2, 0) is 6.42 Å². The summed E-state index contributed by atoms with van der Waals surface area (Å²) < 4.78 is 5.16. The number of imidazole rings is 1. The Morgan fingerprint density at radius 3 is 2.75 bits per heavy atom. The molecule has 4 heteroatoms. The molecule has 0 amide bonds. The van der Waals surface area contributed by atoms with Crippen molar-refractivity contribution in [3.63, 3.8) is 0 Å². The summed E-state index contributed by atoms with van der Waals surface area (Å²) in [6, 6.07) is 11.9. The highest BCUT2D eigenvalue weighted by atomic mass is 16.5. The number of hydrogen-bond acceptors (Lipinski definition) is 3. The minimum atomic E-state index is 0.652. The number of aryl methyl sites for hydroxylation is 1. The Kier molecular flexibility index (Phi) is 3.06. The van der Waals surface area contributed by atoms with Crippen LogP contribution in [0.15, 0.2) is 36.4 Å². The molecule has 102 valence electrons. The predicted molar refractivity (Wildman–Crippen MR) is 81.9 cm³/mol. The first-order valence-electron chi connectivity index (χ1n) is 6.63. The van der Waals surface area contributed by atoms with Crippen molar-refractivity contribution in [3.05, 3.63) is 42.0 Å². The van der Waals surface area contributed by atoms with Crippen LogP contribution in [-0.4, -0.2) is 17.1 Å². The maximum absolute atomic E-state index is 6.07. The Morgan fingerprint density at radius 2 is 2.05 bits per heavy atom. The molecule has 2 aromatic carbocycles. The standard InChI is InChI=1S/C16H17N3O/c1-3-10-4-7-14-15(8-10)19-16(18-14)12-6-5-11(20-2)9-13(12)17/h4-9H,3,17H2,1-2H3,(H,18,19). The van der Waals surface area contributed by atoms with Crippen LogP contribution >= 0.6 is 0 Å². The lowest BCUT2D eigenvalue weighted by Gasteiger charge is -2.05. The van der Waals surface area contributed by atoms with E-state index in [1.54, 1.807) is 13.2 Å². The summed E-state index contributed by atoms with van der Waals surface area (Å²) in [5, 5.41) is 0. The third kappa shape index (κ3) is 2.09. The maximum atomic E-state index is 6.07. The fourth-order valence-electron chi connectivity index (χ4n) is 2.29. The Labute approximate surface area is 117 Å². The van der Waals surface area contributed by atoms with E-state index in [4.69, 9.17) is 10.5 Å². The number of H-pyrrole nitrogens is 1. The molecule has 0 saturated carbocycles. The van der Waals surface area contributed by atoms with Crippen LogP contribution in [0.2, 0.25) is 0 Å². The normalized spacial score (nSPS) is 10.9. The van der Waals surface area contributed by atoms with E-state index in [1.807, 2.05) is 18.2 Å². The summed E-state index contributed by atoms with van der Waals surface area (Å²) in [5.41, 5.74) is 10.9. The van der Waals surface area contributed by atoms with Gasteiger partial charge in [0.1, 0.15) is 11.6 Å². The van der Waals surface area contributed by atoms with Gasteiger partial charge >= 0.3 is 0 Å². The number of rotatable bonds is 3. The van der Waals surface area contributed by atoms with Crippen molar-refractivity contribution in [2.24, 2.45) is 0 Å². The number of nitrogens with one attached hydrogen (secondary N) is 1. The lowest BCUT2D eigenvalue weighted by molar-refractivity contribution is 0.415. The van der Waals surface area contributed by atoms with Crippen LogP contribution in [0, 0.1) is 0 Å². The van der Waals surface area contributed by atoms with Crippen molar-refractivity contribution < 1.29 is 4.74 Å². The number of aromatic nitrogens is 2. The predicted octanol–water partition coefficient (Wildman–Crippen LogP) is 3.38. The number of aromatic amines is 1. The van der Waals surface area contributed by atoms with Crippen LogP contribution in [0.3, 0.4) is 0 Å². The first-order valence-corrected chi connectivity index (χ1v) is 6.63. The topological polar surface area (TPSA) is 63.9 Å². The van der Waals surface area contributed by atoms with Crippen molar-refractivity contribution in [2.45, 2.75) is 13.3 Å². The van der Waals surface area contributed by atoms with Crippen LogP contribution in [0.1, 0.15) is 12.5 Å². The van der Waals surface area contributed by atoms with Gasteiger partial charge in [0.05, 0.1) is 18.1 Å². The van der Waals surface area contributed by atoms with Gasteiger partial charge in [-0.1, -0.05) is 13.0 Å². The number of nitrogens with zero attached hydrogens (tertiary/aromatic N) is 1. The fraction of sp³-hybridized carbons (Fsp3) is 0.188. The van der Waals surface area contributed by atoms with Gasteiger partial charge in [-0.05, 0) is 36.2 Å². The molecule has 3 rings (SSSR count). The summed E-state index contributed by atoms with van der Waals surface area (Å²) in [6.45, 7) is 2.14. The summed E-state index contributed by atoms with van der Waals surface area (Å²) in [7, 11) is 1.63. The molecule has 0 unspecified atom stereocenters. The maximum Gasteiger partial charge on any atom is 0.140 e. The molecular weight excluding hydrogens is 250 g/mol. The lowest BCUT2D eigenvalue weighted by Crippen LogP contribution is -1.93. The van der Waals surface area contributed by atoms with E-state index in [2.05, 4.69) is 29.0 Å². The van der Waals surface area contributed by atoms with Gasteiger partial charge in [0.2, 0.25) is 0 Å². The minimum Gasteiger partial charge on any atom is -0.497 e. The van der Waals surface area contributed by atoms with E-state index in [0.717, 1.165) is 34.6 Å². The van der Waals surface area contributed by atoms with Gasteiger partial charge < -0.3 is 15.5 Å². The molecular formula is C16H17N3O. The molecule has 20 heavy (non-hydrogen) atoms. The molecule has 1 aromatic heterocycles. The lowest BCUT2D eigenvalue weighted by atomic mass is 10.1. The fourth-order valence-corrected chi connectivity index (χ4v) is 2.29. The van der Waals surface area contributed by atoms with E-state index in [-0.39, 0.29) is 0 Å². The van der Waals surface area contributed by atoms with Gasteiger partial charge in [0.25, 0.3) is 0 Å². The van der Waals surface area contributed by atoms with Crippen LogP contribution in [0.25, 0.3) is 22.4 Å². The largest absolute Gasteiger partial charge is 0.497 e. The van der Waals surface area contributed by atoms with Gasteiger partial charge in [0, 0.05) is 17.3 Å². The zero-order chi connectivity index (χ0) is 14.1. The second kappa shape index (κ2) is 4.89. The smallest absolute Gasteiger partial charge is 0.140 e. The second-order valence-electron chi connectivity index (χ2n) is 4.74. The molecule has 0 spiro atoms. The Morgan fingerprint density at radius 1 is 1.20 bits per heavy atom. The Balaban J connectivity index is 2.10. The van der Waals surface area contributed by atoms with Gasteiger partial charge in [-0.25, -0.2) is 4.98 Å². The molecule has 0 aliphatic heterocycles. The highest BCUT2D eigenvalue weighted by Crippen LogP contribution is 2.29. The molecule has 0 aliphatic carbocycles. The molecule has 0 saturated heterocycles. The highest BCUT2D eigenvalue weighted by Gasteiger charge is 2.09. The van der Waals surface area contributed by atoms with Crippen molar-refractivity contribution >= 4 is 16.7 Å². The number of anilines is 1. The Bertz CT molecular complexity index is 762. The molecule has 0 fully saturated rings. The number of nitrogens with two attached hydrogens (primary N) is 1. The van der Waals surface area contributed by atoms with E-state index in [9.17, 15) is 0 Å². The summed E-state index contributed by atoms with van der Waals surface area (Å²) in [5.74, 6) is 1.53. The van der Waals surface area contributed by atoms with Gasteiger partial charge in [-0.3, -0.25) is 0 Å². The summed E-state index contributed by atoms with van der Waals surface area (Å²) in [4.78, 5) is 7.93. The number of fused-ring (bicyclic) bond motifs is 1. The van der Waals surface area contributed by atoms with E-state index < -0.39 is 0 Å². The quantitative estimate of drug-likeness (QED) is 0.715. The molecule has 0 radical (unpaired) electrons. The molecule has 4 nitrogen and oxygen atoms in total. The highest BCUT2D eigenvalue weighted by molar-refractivity contribution is 5.83. The summed E-state index contributed by atoms with van der Waals surface area (Å²) >= 11 is 0. The van der Waals surface area contributed by atoms with E-state index >= 15 is 0 Å². The average Bonchev–Trinajstić information content (AvgIpc) is 2.89. The van der Waals surface area contributed by atoms with Crippen LogP contribution in [0.4, 0.5) is 5.69 Å². The third-order valence-electron chi connectivity index (χ3n) is 3.47. The molecule has 0 aliphatic rings. The van der Waals surface area contributed by atoms with Crippen molar-refractivity contribution in [2.75, 3.05) is 12.8 Å². The van der Waals surface area contributed by atoms with Crippen molar-refractivity contribution in [1.29, 1.82) is 0 Å². The van der Waals surface area contributed by atoms with E-state index in [1.165, 1.54) is 5.56 Å². The van der Waals surface area contributed by atoms with Gasteiger partial charge in [-0.2, -0.15) is 0 Å².